The van der Waals surface area contributed by atoms with Crippen LogP contribution in [0.2, 0.25) is 0 Å². The fourth-order valence-electron chi connectivity index (χ4n) is 3.16. The van der Waals surface area contributed by atoms with Crippen molar-refractivity contribution in [3.05, 3.63) is 82.3 Å². The van der Waals surface area contributed by atoms with Crippen molar-refractivity contribution in [1.82, 2.24) is 14.5 Å². The Morgan fingerprint density at radius 2 is 1.69 bits per heavy atom. The van der Waals surface area contributed by atoms with Crippen LogP contribution in [0.1, 0.15) is 17.5 Å². The van der Waals surface area contributed by atoms with Gasteiger partial charge in [0.05, 0.1) is 10.6 Å². The van der Waals surface area contributed by atoms with E-state index in [4.69, 9.17) is 4.98 Å². The van der Waals surface area contributed by atoms with Gasteiger partial charge in [-0.05, 0) is 29.3 Å². The quantitative estimate of drug-likeness (QED) is 0.309. The second-order valence-electron chi connectivity index (χ2n) is 7.45. The summed E-state index contributed by atoms with van der Waals surface area (Å²) >= 11 is 1.42. The number of nitro groups is 1. The van der Waals surface area contributed by atoms with E-state index in [1.165, 1.54) is 34.0 Å². The molecule has 2 heterocycles. The number of nitrogens with one attached hydrogen (secondary N) is 1. The van der Waals surface area contributed by atoms with Gasteiger partial charge in [0.1, 0.15) is 6.20 Å². The van der Waals surface area contributed by atoms with E-state index in [0.29, 0.717) is 5.13 Å². The monoisotopic (exact) mass is 447 g/mol. The molecule has 0 saturated heterocycles. The van der Waals surface area contributed by atoms with Gasteiger partial charge in [0.15, 0.2) is 5.13 Å². The van der Waals surface area contributed by atoms with Gasteiger partial charge in [0, 0.05) is 18.5 Å². The standard InChI is InChI=1S/C23H21N5O3S/c1-15-3-7-17(8-4-15)21-22(18-9-5-16(2)6-10-18)32-23(26-21)25-20(29)11-12-27-13-19(24-14-27)28(30)31/h3-10,13-14H,11-12H2,1-2H3,(H,25,26,29). The van der Waals surface area contributed by atoms with Crippen molar-refractivity contribution in [1.29, 1.82) is 0 Å². The summed E-state index contributed by atoms with van der Waals surface area (Å²) in [7, 11) is 0. The number of rotatable bonds is 7. The molecule has 2 aromatic heterocycles. The molecule has 0 aliphatic rings. The number of imidazole rings is 1. The van der Waals surface area contributed by atoms with E-state index in [0.717, 1.165) is 27.3 Å². The molecule has 8 nitrogen and oxygen atoms in total. The number of carbonyl (C=O) groups is 1. The Morgan fingerprint density at radius 3 is 2.28 bits per heavy atom. The number of hydrogen-bond acceptors (Lipinski definition) is 6. The van der Waals surface area contributed by atoms with Crippen LogP contribution in [0.4, 0.5) is 10.9 Å². The first-order valence-corrected chi connectivity index (χ1v) is 10.8. The highest BCUT2D eigenvalue weighted by Gasteiger charge is 2.17. The Bertz CT molecular complexity index is 1200. The first kappa shape index (κ1) is 21.4. The summed E-state index contributed by atoms with van der Waals surface area (Å²) in [5.41, 5.74) is 5.17. The van der Waals surface area contributed by atoms with Crippen LogP contribution >= 0.6 is 11.3 Å². The van der Waals surface area contributed by atoms with Gasteiger partial charge >= 0.3 is 5.82 Å². The summed E-state index contributed by atoms with van der Waals surface area (Å²) in [6.07, 6.45) is 2.80. The Labute approximate surface area is 188 Å². The molecule has 0 fully saturated rings. The molecular weight excluding hydrogens is 426 g/mol. The zero-order chi connectivity index (χ0) is 22.7. The van der Waals surface area contributed by atoms with E-state index in [1.807, 2.05) is 38.1 Å². The highest BCUT2D eigenvalue weighted by Crippen LogP contribution is 2.39. The minimum atomic E-state index is -0.564. The molecule has 0 bridgehead atoms. The molecule has 0 saturated carbocycles. The largest absolute Gasteiger partial charge is 0.381 e. The third-order valence-electron chi connectivity index (χ3n) is 4.92. The number of anilines is 1. The molecule has 4 aromatic rings. The molecule has 9 heteroatoms. The van der Waals surface area contributed by atoms with E-state index in [2.05, 4.69) is 34.6 Å². The minimum Gasteiger partial charge on any atom is -0.358 e. The number of aryl methyl sites for hydroxylation is 3. The van der Waals surface area contributed by atoms with E-state index in [-0.39, 0.29) is 24.7 Å². The maximum atomic E-state index is 12.5. The van der Waals surface area contributed by atoms with Crippen molar-refractivity contribution >= 4 is 28.2 Å². The number of nitrogens with zero attached hydrogens (tertiary/aromatic N) is 4. The van der Waals surface area contributed by atoms with E-state index >= 15 is 0 Å². The highest BCUT2D eigenvalue weighted by molar-refractivity contribution is 7.19. The fraction of sp³-hybridized carbons (Fsp3) is 0.174. The van der Waals surface area contributed by atoms with Crippen molar-refractivity contribution < 1.29 is 9.72 Å². The first-order chi connectivity index (χ1) is 15.4. The maximum absolute atomic E-state index is 12.5. The lowest BCUT2D eigenvalue weighted by Gasteiger charge is -2.04. The summed E-state index contributed by atoms with van der Waals surface area (Å²) < 4.78 is 1.52. The number of carbonyl (C=O) groups excluding carboxylic acids is 1. The van der Waals surface area contributed by atoms with Gasteiger partial charge < -0.3 is 20.0 Å². The molecule has 0 aliphatic carbocycles. The summed E-state index contributed by atoms with van der Waals surface area (Å²) in [6.45, 7) is 4.36. The minimum absolute atomic E-state index is 0.146. The molecule has 2 aromatic carbocycles. The van der Waals surface area contributed by atoms with E-state index < -0.39 is 4.92 Å². The number of thiazole rings is 1. The molecule has 0 aliphatic heterocycles. The van der Waals surface area contributed by atoms with Gasteiger partial charge in [0.25, 0.3) is 0 Å². The average Bonchev–Trinajstić information content (AvgIpc) is 3.41. The molecule has 1 amide bonds. The summed E-state index contributed by atoms with van der Waals surface area (Å²) in [4.78, 5) is 32.1. The second-order valence-corrected chi connectivity index (χ2v) is 8.45. The lowest BCUT2D eigenvalue weighted by Crippen LogP contribution is -2.13. The molecule has 162 valence electrons. The van der Waals surface area contributed by atoms with Crippen LogP contribution < -0.4 is 5.32 Å². The van der Waals surface area contributed by atoms with Gasteiger partial charge in [-0.3, -0.25) is 4.79 Å². The molecule has 0 unspecified atom stereocenters. The Morgan fingerprint density at radius 1 is 1.06 bits per heavy atom. The van der Waals surface area contributed by atoms with Gasteiger partial charge in [-0.1, -0.05) is 71.0 Å². The van der Waals surface area contributed by atoms with Crippen LogP contribution in [-0.2, 0) is 11.3 Å². The van der Waals surface area contributed by atoms with Crippen LogP contribution in [0, 0.1) is 24.0 Å². The summed E-state index contributed by atoms with van der Waals surface area (Å²) in [6, 6.07) is 16.3. The topological polar surface area (TPSA) is 103 Å². The lowest BCUT2D eigenvalue weighted by molar-refractivity contribution is -0.389. The SMILES string of the molecule is Cc1ccc(-c2nc(NC(=O)CCn3cnc([N+](=O)[O-])c3)sc2-c2ccc(C)cc2)cc1. The van der Waals surface area contributed by atoms with Crippen molar-refractivity contribution in [2.45, 2.75) is 26.8 Å². The molecular formula is C23H21N5O3S. The maximum Gasteiger partial charge on any atom is 0.381 e. The van der Waals surface area contributed by atoms with Crippen LogP contribution in [0.25, 0.3) is 21.7 Å². The first-order valence-electron chi connectivity index (χ1n) is 10.00. The van der Waals surface area contributed by atoms with Crippen molar-refractivity contribution in [3.63, 3.8) is 0 Å². The Kier molecular flexibility index (Phi) is 6.09. The molecule has 4 rings (SSSR count). The van der Waals surface area contributed by atoms with E-state index in [9.17, 15) is 14.9 Å². The number of hydrogen-bond donors (Lipinski definition) is 1. The van der Waals surface area contributed by atoms with Gasteiger partial charge in [0.2, 0.25) is 12.2 Å². The predicted molar refractivity (Wildman–Crippen MR) is 125 cm³/mol. The fourth-order valence-corrected chi connectivity index (χ4v) is 4.17. The van der Waals surface area contributed by atoms with Crippen molar-refractivity contribution in [3.8, 4) is 21.7 Å². The smallest absolute Gasteiger partial charge is 0.358 e. The second kappa shape index (κ2) is 9.11. The number of amides is 1. The molecule has 32 heavy (non-hydrogen) atoms. The van der Waals surface area contributed by atoms with Crippen LogP contribution in [0.5, 0.6) is 0 Å². The van der Waals surface area contributed by atoms with Crippen molar-refractivity contribution in [2.24, 2.45) is 0 Å². The van der Waals surface area contributed by atoms with Gasteiger partial charge in [-0.2, -0.15) is 0 Å². The Hall–Kier alpha value is -3.85. The molecule has 1 N–H and O–H groups in total. The molecule has 0 radical (unpaired) electrons. The summed E-state index contributed by atoms with van der Waals surface area (Å²) in [5, 5.41) is 14.1. The van der Waals surface area contributed by atoms with Crippen LogP contribution in [0.15, 0.2) is 61.1 Å². The van der Waals surface area contributed by atoms with Crippen LogP contribution in [0.3, 0.4) is 0 Å². The zero-order valence-electron chi connectivity index (χ0n) is 17.6. The molecule has 0 spiro atoms. The normalized spacial score (nSPS) is 10.8. The Balaban J connectivity index is 1.54. The third-order valence-corrected chi connectivity index (χ3v) is 5.94. The lowest BCUT2D eigenvalue weighted by atomic mass is 10.0. The average molecular weight is 448 g/mol. The third kappa shape index (κ3) is 4.89. The summed E-state index contributed by atoms with van der Waals surface area (Å²) in [5.74, 6) is -0.461. The van der Waals surface area contributed by atoms with E-state index in [1.54, 1.807) is 0 Å². The number of aromatic nitrogens is 3. The van der Waals surface area contributed by atoms with Crippen LogP contribution in [-0.4, -0.2) is 25.4 Å². The van der Waals surface area contributed by atoms with Gasteiger partial charge in [-0.25, -0.2) is 4.98 Å². The highest BCUT2D eigenvalue weighted by atomic mass is 32.1. The zero-order valence-corrected chi connectivity index (χ0v) is 18.4. The predicted octanol–water partition coefficient (Wildman–Crippen LogP) is 5.23. The molecule has 0 atom stereocenters. The number of benzene rings is 2. The van der Waals surface area contributed by atoms with Gasteiger partial charge in [-0.15, -0.1) is 0 Å². The van der Waals surface area contributed by atoms with Crippen molar-refractivity contribution in [2.75, 3.05) is 5.32 Å².